The van der Waals surface area contributed by atoms with Crippen molar-refractivity contribution in [1.82, 2.24) is 46.2 Å². The number of rotatable bonds is 17. The molecular weight excluding hydrogens is 1020 g/mol. The molecule has 0 radical (unpaired) electrons. The first-order valence-electron chi connectivity index (χ1n) is 28.5. The Morgan fingerprint density at radius 1 is 0.457 bits per heavy atom. The van der Waals surface area contributed by atoms with Gasteiger partial charge < -0.3 is 55.7 Å². The van der Waals surface area contributed by atoms with Gasteiger partial charge in [0.2, 0.25) is 0 Å². The molecular formula is C62H90N12O7. The van der Waals surface area contributed by atoms with E-state index in [1.54, 1.807) is 30.6 Å². The van der Waals surface area contributed by atoms with Crippen LogP contribution >= 0.6 is 0 Å². The Kier molecular flexibility index (Phi) is 26.6. The summed E-state index contributed by atoms with van der Waals surface area (Å²) in [6.07, 6.45) is 6.94. The van der Waals surface area contributed by atoms with Gasteiger partial charge in [-0.25, -0.2) is 24.0 Å². The maximum absolute atomic E-state index is 12.4. The first-order valence-corrected chi connectivity index (χ1v) is 28.5. The van der Waals surface area contributed by atoms with Gasteiger partial charge in [0.05, 0.1) is 34.5 Å². The lowest BCUT2D eigenvalue weighted by Gasteiger charge is -2.37. The zero-order valence-electron chi connectivity index (χ0n) is 49.4. The highest BCUT2D eigenvalue weighted by atomic mass is 16.6. The number of benzene rings is 3. The number of nitriles is 3. The van der Waals surface area contributed by atoms with E-state index in [0.717, 1.165) is 49.8 Å². The summed E-state index contributed by atoms with van der Waals surface area (Å²) in [5.74, 6) is 0. The van der Waals surface area contributed by atoms with Crippen LogP contribution in [0.1, 0.15) is 110 Å². The number of carbonyl (C=O) groups is 5. The van der Waals surface area contributed by atoms with Crippen LogP contribution in [0.2, 0.25) is 0 Å². The predicted molar refractivity (Wildman–Crippen MR) is 313 cm³/mol. The van der Waals surface area contributed by atoms with Crippen molar-refractivity contribution in [2.45, 2.75) is 123 Å². The fourth-order valence-electron chi connectivity index (χ4n) is 9.72. The van der Waals surface area contributed by atoms with Crippen LogP contribution in [-0.4, -0.2) is 154 Å². The van der Waals surface area contributed by atoms with Gasteiger partial charge in [0.25, 0.3) is 0 Å². The molecule has 0 aromatic heterocycles. The smallest absolute Gasteiger partial charge is 0.407 e. The Labute approximate surface area is 482 Å². The Morgan fingerprint density at radius 3 is 1.02 bits per heavy atom. The van der Waals surface area contributed by atoms with Gasteiger partial charge >= 0.3 is 30.3 Å². The van der Waals surface area contributed by atoms with E-state index in [2.05, 4.69) is 61.8 Å². The molecule has 19 heteroatoms. The molecule has 0 aliphatic carbocycles. The van der Waals surface area contributed by atoms with Gasteiger partial charge in [0, 0.05) is 72.0 Å². The largest absolute Gasteiger partial charge is 0.444 e. The van der Waals surface area contributed by atoms with Crippen LogP contribution < -0.4 is 26.6 Å². The second-order valence-electron chi connectivity index (χ2n) is 23.7. The van der Waals surface area contributed by atoms with Crippen LogP contribution in [0.15, 0.2) is 91.0 Å². The number of carbonyl (C=O) groups excluding carboxylic acids is 5. The summed E-state index contributed by atoms with van der Waals surface area (Å²) in [7, 11) is 4.06. The lowest BCUT2D eigenvalue weighted by molar-refractivity contribution is 0.0516. The van der Waals surface area contributed by atoms with Crippen molar-refractivity contribution in [2.75, 3.05) is 92.6 Å². The Hall–Kier alpha value is -7.56. The minimum absolute atomic E-state index is 0.00000651. The van der Waals surface area contributed by atoms with Crippen LogP contribution in [0.25, 0.3) is 0 Å². The molecule has 3 aliphatic heterocycles. The number of piperidine rings is 3. The van der Waals surface area contributed by atoms with Gasteiger partial charge in [0.15, 0.2) is 0 Å². The fraction of sp³-hybridized carbons (Fsp3) is 0.581. The van der Waals surface area contributed by atoms with Crippen LogP contribution in [0.5, 0.6) is 0 Å². The molecule has 3 saturated heterocycles. The number of likely N-dealkylation sites (tertiary alicyclic amines) is 3. The van der Waals surface area contributed by atoms with Crippen LogP contribution in [0.3, 0.4) is 0 Å². The molecule has 0 atom stereocenters. The molecule has 5 N–H and O–H groups in total. The highest BCUT2D eigenvalue weighted by molar-refractivity contribution is 5.75. The third kappa shape index (κ3) is 24.8. The second-order valence-corrected chi connectivity index (χ2v) is 23.7. The highest BCUT2D eigenvalue weighted by Crippen LogP contribution is 2.37. The third-order valence-corrected chi connectivity index (χ3v) is 14.3. The molecule has 0 unspecified atom stereocenters. The average molecular weight is 1120 g/mol. The van der Waals surface area contributed by atoms with Crippen molar-refractivity contribution < 1.29 is 33.4 Å². The second kappa shape index (κ2) is 32.6. The molecule has 8 amide bonds. The average Bonchev–Trinajstić information content (AvgIpc) is 3.48. The Balaban J connectivity index is 0.000000263. The number of ether oxygens (including phenoxy) is 2. The number of urea groups is 3. The molecule has 19 nitrogen and oxygen atoms in total. The van der Waals surface area contributed by atoms with E-state index in [-0.39, 0.29) is 23.5 Å². The number of amides is 8. The van der Waals surface area contributed by atoms with Crippen molar-refractivity contribution in [1.29, 1.82) is 15.8 Å². The van der Waals surface area contributed by atoms with E-state index < -0.39 is 34.2 Å². The minimum Gasteiger partial charge on any atom is -0.444 e. The molecule has 0 spiro atoms. The number of hydrogen-bond donors (Lipinski definition) is 5. The monoisotopic (exact) mass is 1110 g/mol. The van der Waals surface area contributed by atoms with Crippen LogP contribution in [0, 0.1) is 50.2 Å². The molecule has 3 aliphatic rings. The number of alkyl carbamates (subject to hydrolysis) is 2. The maximum Gasteiger partial charge on any atom is 0.407 e. The van der Waals surface area contributed by atoms with Crippen molar-refractivity contribution in [3.63, 3.8) is 0 Å². The standard InChI is InChI=1S/C22H32N4O3.C21H30N4O3.C19H28N4O/c1-21(2,3)29-20(28)25-13-7-12-24-19(27)26-14-10-22(17-23,11-15-26)16-18-8-5-4-6-9-18;1-20(2,3)28-19(27)24-12-11-23-18(26)25-13-9-21(16-22,10-14-25)15-17-7-5-4-6-8-17;1-22(2)12-6-11-21-18(24)23-13-9-19(16-20,10-14-23)15-17-7-4-3-5-8-17/h4-6,8-9H,7,10-16H2,1-3H3,(H,24,27)(H,25,28);4-8H,9-15H2,1-3H3,(H,23,26)(H,24,27);3-5,7-8H,6,9-15H2,1-2H3,(H,21,24). The molecule has 3 heterocycles. The van der Waals surface area contributed by atoms with Crippen molar-refractivity contribution in [2.24, 2.45) is 16.2 Å². The molecule has 0 saturated carbocycles. The van der Waals surface area contributed by atoms with Gasteiger partial charge in [0.1, 0.15) is 11.2 Å². The van der Waals surface area contributed by atoms with E-state index in [1.807, 2.05) is 119 Å². The number of nitrogens with one attached hydrogen (secondary N) is 5. The molecule has 0 bridgehead atoms. The first-order chi connectivity index (χ1) is 38.5. The Morgan fingerprint density at radius 2 is 0.728 bits per heavy atom. The summed E-state index contributed by atoms with van der Waals surface area (Å²) in [5, 5.41) is 43.1. The van der Waals surface area contributed by atoms with Crippen molar-refractivity contribution >= 4 is 30.3 Å². The van der Waals surface area contributed by atoms with E-state index in [4.69, 9.17) is 9.47 Å². The minimum atomic E-state index is -0.547. The van der Waals surface area contributed by atoms with Gasteiger partial charge in [-0.15, -0.1) is 0 Å². The molecule has 440 valence electrons. The topological polar surface area (TPSA) is 248 Å². The lowest BCUT2D eigenvalue weighted by Crippen LogP contribution is -2.49. The van der Waals surface area contributed by atoms with E-state index in [1.165, 1.54) is 5.56 Å². The molecule has 3 fully saturated rings. The normalized spacial score (nSPS) is 16.1. The van der Waals surface area contributed by atoms with E-state index in [0.29, 0.717) is 111 Å². The van der Waals surface area contributed by atoms with Gasteiger partial charge in [-0.3, -0.25) is 0 Å². The van der Waals surface area contributed by atoms with Gasteiger partial charge in [-0.05, 0) is 150 Å². The lowest BCUT2D eigenvalue weighted by atomic mass is 9.75. The third-order valence-electron chi connectivity index (χ3n) is 14.3. The van der Waals surface area contributed by atoms with Gasteiger partial charge in [-0.2, -0.15) is 15.8 Å². The van der Waals surface area contributed by atoms with Crippen molar-refractivity contribution in [3.8, 4) is 18.2 Å². The van der Waals surface area contributed by atoms with Crippen molar-refractivity contribution in [3.05, 3.63) is 108 Å². The quantitative estimate of drug-likeness (QED) is 0.0798. The maximum atomic E-state index is 12.4. The van der Waals surface area contributed by atoms with E-state index >= 15 is 0 Å². The van der Waals surface area contributed by atoms with E-state index in [9.17, 15) is 39.8 Å². The zero-order chi connectivity index (χ0) is 59.4. The predicted octanol–water partition coefficient (Wildman–Crippen LogP) is 9.02. The summed E-state index contributed by atoms with van der Waals surface area (Å²) < 4.78 is 10.3. The highest BCUT2D eigenvalue weighted by Gasteiger charge is 2.39. The molecule has 3 aromatic carbocycles. The summed E-state index contributed by atoms with van der Waals surface area (Å²) in [4.78, 5) is 67.5. The summed E-state index contributed by atoms with van der Waals surface area (Å²) in [6, 6.07) is 37.4. The summed E-state index contributed by atoms with van der Waals surface area (Å²) in [5.41, 5.74) is 1.26. The Bertz CT molecular complexity index is 2530. The number of hydrogen-bond acceptors (Lipinski definition) is 11. The first kappa shape index (κ1) is 66.0. The zero-order valence-corrected chi connectivity index (χ0v) is 49.4. The SMILES string of the molecule is CC(C)(C)OC(=O)NCCCNC(=O)N1CCC(C#N)(Cc2ccccc2)CC1.CC(C)(C)OC(=O)NCCNC(=O)N1CCC(C#N)(Cc2ccccc2)CC1.CN(C)CCCNC(=O)N1CCC(C#N)(Cc2ccccc2)CC1. The number of nitrogens with zero attached hydrogens (tertiary/aromatic N) is 7. The van der Waals surface area contributed by atoms with Gasteiger partial charge in [-0.1, -0.05) is 91.0 Å². The van der Waals surface area contributed by atoms with Crippen LogP contribution in [0.4, 0.5) is 24.0 Å². The van der Waals surface area contributed by atoms with Crippen LogP contribution in [-0.2, 0) is 28.7 Å². The fourth-order valence-corrected chi connectivity index (χ4v) is 9.72. The summed E-state index contributed by atoms with van der Waals surface area (Å²) >= 11 is 0. The summed E-state index contributed by atoms with van der Waals surface area (Å²) in [6.45, 7) is 17.6. The molecule has 6 rings (SSSR count). The molecule has 3 aromatic rings. The molecule has 81 heavy (non-hydrogen) atoms.